The molecular formula is C14H18N2O2. The van der Waals surface area contributed by atoms with Gasteiger partial charge < -0.3 is 10.1 Å². The fraction of sp³-hybridized carbons (Fsp3) is 0.429. The van der Waals surface area contributed by atoms with E-state index in [1.54, 1.807) is 13.3 Å². The molecule has 4 nitrogen and oxygen atoms in total. The summed E-state index contributed by atoms with van der Waals surface area (Å²) in [6, 6.07) is 3.74. The van der Waals surface area contributed by atoms with Gasteiger partial charge in [0.25, 0.3) is 0 Å². The molecule has 1 aliphatic rings. The molecule has 0 aromatic carbocycles. The van der Waals surface area contributed by atoms with Gasteiger partial charge in [-0.3, -0.25) is 4.79 Å². The molecule has 0 unspecified atom stereocenters. The summed E-state index contributed by atoms with van der Waals surface area (Å²) in [5.41, 5.74) is 0.898. The molecule has 18 heavy (non-hydrogen) atoms. The molecular weight excluding hydrogens is 228 g/mol. The van der Waals surface area contributed by atoms with Gasteiger partial charge in [0, 0.05) is 24.7 Å². The normalized spacial score (nSPS) is 17.7. The largest absolute Gasteiger partial charge is 0.481 e. The maximum atomic E-state index is 11.8. The Bertz CT molecular complexity index is 443. The summed E-state index contributed by atoms with van der Waals surface area (Å²) in [7, 11) is 1.58. The second kappa shape index (κ2) is 6.19. The second-order valence-electron chi connectivity index (χ2n) is 4.42. The van der Waals surface area contributed by atoms with Gasteiger partial charge in [0.2, 0.25) is 11.8 Å². The van der Waals surface area contributed by atoms with E-state index in [4.69, 9.17) is 4.74 Å². The van der Waals surface area contributed by atoms with E-state index >= 15 is 0 Å². The molecule has 1 aromatic heterocycles. The maximum Gasteiger partial charge on any atom is 0.220 e. The van der Waals surface area contributed by atoms with Crippen LogP contribution in [0.1, 0.15) is 24.8 Å². The van der Waals surface area contributed by atoms with Gasteiger partial charge in [-0.25, -0.2) is 4.98 Å². The smallest absolute Gasteiger partial charge is 0.220 e. The van der Waals surface area contributed by atoms with Gasteiger partial charge in [0.1, 0.15) is 0 Å². The number of methoxy groups -OCH3 is 1. The van der Waals surface area contributed by atoms with Crippen LogP contribution >= 0.6 is 0 Å². The lowest BCUT2D eigenvalue weighted by Gasteiger charge is -2.10. The van der Waals surface area contributed by atoms with E-state index in [1.807, 2.05) is 12.1 Å². The molecule has 0 radical (unpaired) electrons. The molecule has 1 amide bonds. The zero-order valence-electron chi connectivity index (χ0n) is 10.6. The Morgan fingerprint density at radius 1 is 1.61 bits per heavy atom. The third kappa shape index (κ3) is 3.32. The summed E-state index contributed by atoms with van der Waals surface area (Å²) in [5.74, 6) is 1.05. The fourth-order valence-electron chi connectivity index (χ4n) is 2.11. The highest BCUT2D eigenvalue weighted by Gasteiger charge is 2.14. The number of ether oxygens (including phenoxy) is 1. The average molecular weight is 246 g/mol. The number of carbonyl (C=O) groups is 1. The molecule has 1 atom stereocenters. The van der Waals surface area contributed by atoms with Crippen LogP contribution in [0.25, 0.3) is 0 Å². The van der Waals surface area contributed by atoms with Crippen molar-refractivity contribution in [3.8, 4) is 5.88 Å². The van der Waals surface area contributed by atoms with Crippen LogP contribution in [0.3, 0.4) is 0 Å². The molecule has 0 bridgehead atoms. The Labute approximate surface area is 107 Å². The van der Waals surface area contributed by atoms with E-state index in [0.29, 0.717) is 24.8 Å². The molecule has 0 fully saturated rings. The van der Waals surface area contributed by atoms with Crippen LogP contribution in [0.5, 0.6) is 5.88 Å². The molecule has 1 N–H and O–H groups in total. The van der Waals surface area contributed by atoms with E-state index in [-0.39, 0.29) is 5.91 Å². The first-order chi connectivity index (χ1) is 8.79. The van der Waals surface area contributed by atoms with E-state index in [2.05, 4.69) is 22.5 Å². The molecule has 1 heterocycles. The van der Waals surface area contributed by atoms with Crippen LogP contribution in [-0.4, -0.2) is 18.0 Å². The van der Waals surface area contributed by atoms with Crippen molar-refractivity contribution in [1.82, 2.24) is 10.3 Å². The number of allylic oxidation sites excluding steroid dienone is 2. The standard InChI is InChI=1S/C14H18N2O2/c1-18-14-12(7-4-8-15-14)10-16-13(17)9-11-5-2-3-6-11/h2,4-5,7-8,11H,3,6,9-10H2,1H3,(H,16,17)/t11-/m1/s1. The fourth-order valence-corrected chi connectivity index (χ4v) is 2.11. The highest BCUT2D eigenvalue weighted by Crippen LogP contribution is 2.20. The Balaban J connectivity index is 1.83. The van der Waals surface area contributed by atoms with Gasteiger partial charge in [-0.05, 0) is 24.8 Å². The van der Waals surface area contributed by atoms with Crippen molar-refractivity contribution in [2.24, 2.45) is 5.92 Å². The summed E-state index contributed by atoms with van der Waals surface area (Å²) in [6.07, 6.45) is 8.69. The van der Waals surface area contributed by atoms with Crippen molar-refractivity contribution in [3.63, 3.8) is 0 Å². The van der Waals surface area contributed by atoms with Crippen molar-refractivity contribution in [3.05, 3.63) is 36.0 Å². The molecule has 1 aromatic rings. The minimum absolute atomic E-state index is 0.0810. The summed E-state index contributed by atoms with van der Waals surface area (Å²) in [4.78, 5) is 15.9. The molecule has 4 heteroatoms. The monoisotopic (exact) mass is 246 g/mol. The maximum absolute atomic E-state index is 11.8. The summed E-state index contributed by atoms with van der Waals surface area (Å²) in [6.45, 7) is 0.465. The van der Waals surface area contributed by atoms with Gasteiger partial charge in [0.15, 0.2) is 0 Å². The van der Waals surface area contributed by atoms with E-state index in [1.165, 1.54) is 0 Å². The zero-order chi connectivity index (χ0) is 12.8. The van der Waals surface area contributed by atoms with Crippen LogP contribution < -0.4 is 10.1 Å². The number of hydrogen-bond acceptors (Lipinski definition) is 3. The number of nitrogens with one attached hydrogen (secondary N) is 1. The molecule has 0 spiro atoms. The lowest BCUT2D eigenvalue weighted by atomic mass is 10.1. The SMILES string of the molecule is COc1ncccc1CNC(=O)C[C@@H]1C=CCC1. The number of aromatic nitrogens is 1. The summed E-state index contributed by atoms with van der Waals surface area (Å²) < 4.78 is 5.14. The summed E-state index contributed by atoms with van der Waals surface area (Å²) >= 11 is 0. The van der Waals surface area contributed by atoms with Gasteiger partial charge in [-0.2, -0.15) is 0 Å². The first kappa shape index (κ1) is 12.6. The third-order valence-corrected chi connectivity index (χ3v) is 3.08. The minimum atomic E-state index is 0.0810. The van der Waals surface area contributed by atoms with Crippen molar-refractivity contribution in [2.45, 2.75) is 25.8 Å². The lowest BCUT2D eigenvalue weighted by Crippen LogP contribution is -2.24. The number of nitrogens with zero attached hydrogens (tertiary/aromatic N) is 1. The first-order valence-electron chi connectivity index (χ1n) is 6.21. The molecule has 1 aliphatic carbocycles. The molecule has 0 saturated heterocycles. The Morgan fingerprint density at radius 3 is 3.22 bits per heavy atom. The topological polar surface area (TPSA) is 51.2 Å². The van der Waals surface area contributed by atoms with Crippen LogP contribution in [-0.2, 0) is 11.3 Å². The minimum Gasteiger partial charge on any atom is -0.481 e. The van der Waals surface area contributed by atoms with Crippen molar-refractivity contribution >= 4 is 5.91 Å². The van der Waals surface area contributed by atoms with Crippen molar-refractivity contribution in [1.29, 1.82) is 0 Å². The number of rotatable bonds is 5. The number of hydrogen-bond donors (Lipinski definition) is 1. The van der Waals surface area contributed by atoms with Crippen LogP contribution in [0.15, 0.2) is 30.5 Å². The van der Waals surface area contributed by atoms with E-state index < -0.39 is 0 Å². The number of pyridine rings is 1. The van der Waals surface area contributed by atoms with Crippen LogP contribution in [0.4, 0.5) is 0 Å². The first-order valence-corrected chi connectivity index (χ1v) is 6.21. The predicted octanol–water partition coefficient (Wildman–Crippen LogP) is 2.06. The number of amides is 1. The van der Waals surface area contributed by atoms with Gasteiger partial charge in [0.05, 0.1) is 7.11 Å². The Hall–Kier alpha value is -1.84. The average Bonchev–Trinajstić information content (AvgIpc) is 2.89. The summed E-state index contributed by atoms with van der Waals surface area (Å²) in [5, 5.41) is 2.91. The van der Waals surface area contributed by atoms with Gasteiger partial charge in [-0.15, -0.1) is 0 Å². The number of carbonyl (C=O) groups excluding carboxylic acids is 1. The van der Waals surface area contributed by atoms with Crippen LogP contribution in [0.2, 0.25) is 0 Å². The highest BCUT2D eigenvalue weighted by molar-refractivity contribution is 5.76. The molecule has 0 saturated carbocycles. The van der Waals surface area contributed by atoms with Gasteiger partial charge in [-0.1, -0.05) is 18.2 Å². The van der Waals surface area contributed by atoms with Crippen molar-refractivity contribution in [2.75, 3.05) is 7.11 Å². The lowest BCUT2D eigenvalue weighted by molar-refractivity contribution is -0.121. The third-order valence-electron chi connectivity index (χ3n) is 3.08. The molecule has 2 rings (SSSR count). The van der Waals surface area contributed by atoms with Gasteiger partial charge >= 0.3 is 0 Å². The van der Waals surface area contributed by atoms with Crippen LogP contribution in [0, 0.1) is 5.92 Å². The molecule has 0 aliphatic heterocycles. The zero-order valence-corrected chi connectivity index (χ0v) is 10.6. The van der Waals surface area contributed by atoms with E-state index in [0.717, 1.165) is 18.4 Å². The quantitative estimate of drug-likeness (QED) is 0.809. The Kier molecular flexibility index (Phi) is 4.34. The predicted molar refractivity (Wildman–Crippen MR) is 69.1 cm³/mol. The van der Waals surface area contributed by atoms with E-state index in [9.17, 15) is 4.79 Å². The second-order valence-corrected chi connectivity index (χ2v) is 4.42. The van der Waals surface area contributed by atoms with Crippen molar-refractivity contribution < 1.29 is 9.53 Å². The Morgan fingerprint density at radius 2 is 2.50 bits per heavy atom. The molecule has 96 valence electrons. The highest BCUT2D eigenvalue weighted by atomic mass is 16.5.